The maximum Gasteiger partial charge on any atom is 0.134 e. The zero-order valence-electron chi connectivity index (χ0n) is 7.45. The van der Waals surface area contributed by atoms with E-state index in [1.807, 2.05) is 13.0 Å². The first-order valence-electron chi connectivity index (χ1n) is 4.43. The molecule has 3 nitrogen and oxygen atoms in total. The normalized spacial score (nSPS) is 18.7. The minimum Gasteiger partial charge on any atom is -0.495 e. The van der Waals surface area contributed by atoms with Gasteiger partial charge in [0.1, 0.15) is 11.9 Å². The van der Waals surface area contributed by atoms with Crippen molar-refractivity contribution in [1.29, 1.82) is 0 Å². The third-order valence-electron chi connectivity index (χ3n) is 1.68. The fourth-order valence-corrected chi connectivity index (χ4v) is 1.09. The molecule has 0 radical (unpaired) electrons. The number of ether oxygens (including phenoxy) is 2. The summed E-state index contributed by atoms with van der Waals surface area (Å²) in [6.07, 6.45) is 3.23. The maximum absolute atomic E-state index is 9.46. The standard InChI is InChI=1S/C9H16O3/c1-2-5-11-7-8(10)9-4-3-6-12-9/h4,8,10H,2-3,5-7H2,1H3. The molecule has 1 unspecified atom stereocenters. The number of aliphatic hydroxyl groups excluding tert-OH is 1. The van der Waals surface area contributed by atoms with Crippen LogP contribution in [0.2, 0.25) is 0 Å². The Hall–Kier alpha value is -0.540. The van der Waals surface area contributed by atoms with Gasteiger partial charge in [-0.1, -0.05) is 6.92 Å². The van der Waals surface area contributed by atoms with Gasteiger partial charge in [0, 0.05) is 13.0 Å². The molecule has 12 heavy (non-hydrogen) atoms. The van der Waals surface area contributed by atoms with Crippen molar-refractivity contribution in [2.45, 2.75) is 25.9 Å². The predicted molar refractivity (Wildman–Crippen MR) is 45.8 cm³/mol. The van der Waals surface area contributed by atoms with E-state index in [2.05, 4.69) is 0 Å². The summed E-state index contributed by atoms with van der Waals surface area (Å²) >= 11 is 0. The van der Waals surface area contributed by atoms with Crippen LogP contribution in [0.5, 0.6) is 0 Å². The van der Waals surface area contributed by atoms with Crippen molar-refractivity contribution in [3.05, 3.63) is 11.8 Å². The zero-order chi connectivity index (χ0) is 8.81. The topological polar surface area (TPSA) is 38.7 Å². The van der Waals surface area contributed by atoms with Gasteiger partial charge in [0.25, 0.3) is 0 Å². The van der Waals surface area contributed by atoms with Crippen molar-refractivity contribution >= 4 is 0 Å². The molecule has 1 aliphatic rings. The van der Waals surface area contributed by atoms with E-state index in [1.165, 1.54) is 0 Å². The van der Waals surface area contributed by atoms with E-state index in [9.17, 15) is 5.11 Å². The molecule has 1 atom stereocenters. The van der Waals surface area contributed by atoms with Crippen LogP contribution in [0.25, 0.3) is 0 Å². The van der Waals surface area contributed by atoms with Crippen LogP contribution in [0.1, 0.15) is 19.8 Å². The highest BCUT2D eigenvalue weighted by Crippen LogP contribution is 2.13. The Morgan fingerprint density at radius 1 is 1.75 bits per heavy atom. The van der Waals surface area contributed by atoms with Gasteiger partial charge in [0.15, 0.2) is 0 Å². The highest BCUT2D eigenvalue weighted by molar-refractivity contribution is 5.03. The molecule has 0 aliphatic carbocycles. The van der Waals surface area contributed by atoms with E-state index in [4.69, 9.17) is 9.47 Å². The Morgan fingerprint density at radius 3 is 3.17 bits per heavy atom. The SMILES string of the molecule is CCCOCC(O)C1=CCCO1. The molecule has 70 valence electrons. The monoisotopic (exact) mass is 172 g/mol. The van der Waals surface area contributed by atoms with Crippen molar-refractivity contribution < 1.29 is 14.6 Å². The minimum atomic E-state index is -0.570. The molecule has 0 saturated carbocycles. The van der Waals surface area contributed by atoms with E-state index >= 15 is 0 Å². The van der Waals surface area contributed by atoms with Crippen LogP contribution < -0.4 is 0 Å². The minimum absolute atomic E-state index is 0.347. The molecule has 0 aromatic rings. The molecule has 0 aromatic heterocycles. The van der Waals surface area contributed by atoms with Crippen molar-refractivity contribution in [3.8, 4) is 0 Å². The maximum atomic E-state index is 9.46. The van der Waals surface area contributed by atoms with Crippen LogP contribution in [0, 0.1) is 0 Å². The van der Waals surface area contributed by atoms with Gasteiger partial charge in [0.05, 0.1) is 13.2 Å². The first-order valence-corrected chi connectivity index (χ1v) is 4.43. The summed E-state index contributed by atoms with van der Waals surface area (Å²) in [5.74, 6) is 0.672. The molecule has 1 rings (SSSR count). The molecule has 0 saturated heterocycles. The third-order valence-corrected chi connectivity index (χ3v) is 1.68. The molecule has 1 heterocycles. The fraction of sp³-hybridized carbons (Fsp3) is 0.778. The van der Waals surface area contributed by atoms with E-state index in [0.29, 0.717) is 25.6 Å². The molecule has 1 aliphatic heterocycles. The number of aliphatic hydroxyl groups is 1. The molecule has 0 bridgehead atoms. The predicted octanol–water partition coefficient (Wildman–Crippen LogP) is 1.08. The Morgan fingerprint density at radius 2 is 2.58 bits per heavy atom. The van der Waals surface area contributed by atoms with Crippen LogP contribution in [-0.4, -0.2) is 31.0 Å². The molecular formula is C9H16O3. The van der Waals surface area contributed by atoms with Crippen LogP contribution >= 0.6 is 0 Å². The summed E-state index contributed by atoms with van der Waals surface area (Å²) in [5, 5.41) is 9.46. The van der Waals surface area contributed by atoms with Gasteiger partial charge >= 0.3 is 0 Å². The van der Waals surface area contributed by atoms with Gasteiger partial charge < -0.3 is 14.6 Å². The lowest BCUT2D eigenvalue weighted by atomic mass is 10.3. The lowest BCUT2D eigenvalue weighted by Crippen LogP contribution is -2.18. The van der Waals surface area contributed by atoms with Gasteiger partial charge in [-0.3, -0.25) is 0 Å². The quantitative estimate of drug-likeness (QED) is 0.631. The molecule has 0 spiro atoms. The number of hydrogen-bond acceptors (Lipinski definition) is 3. The summed E-state index contributed by atoms with van der Waals surface area (Å²) in [6, 6.07) is 0. The van der Waals surface area contributed by atoms with Gasteiger partial charge in [-0.15, -0.1) is 0 Å². The van der Waals surface area contributed by atoms with Gasteiger partial charge in [0.2, 0.25) is 0 Å². The van der Waals surface area contributed by atoms with Crippen molar-refractivity contribution in [2.24, 2.45) is 0 Å². The van der Waals surface area contributed by atoms with E-state index in [1.54, 1.807) is 0 Å². The second kappa shape index (κ2) is 5.17. The Balaban J connectivity index is 2.14. The average Bonchev–Trinajstić information content (AvgIpc) is 2.56. The van der Waals surface area contributed by atoms with Crippen molar-refractivity contribution in [3.63, 3.8) is 0 Å². The lowest BCUT2D eigenvalue weighted by Gasteiger charge is -2.11. The van der Waals surface area contributed by atoms with Gasteiger partial charge in [-0.05, 0) is 12.5 Å². The van der Waals surface area contributed by atoms with Crippen molar-refractivity contribution in [1.82, 2.24) is 0 Å². The molecule has 0 aromatic carbocycles. The smallest absolute Gasteiger partial charge is 0.134 e. The largest absolute Gasteiger partial charge is 0.495 e. The Labute approximate surface area is 73.0 Å². The first kappa shape index (κ1) is 9.55. The van der Waals surface area contributed by atoms with E-state index in [-0.39, 0.29) is 0 Å². The van der Waals surface area contributed by atoms with Crippen molar-refractivity contribution in [2.75, 3.05) is 19.8 Å². The summed E-state index contributed by atoms with van der Waals surface area (Å²) in [4.78, 5) is 0. The van der Waals surface area contributed by atoms with Crippen LogP contribution in [0.3, 0.4) is 0 Å². The average molecular weight is 172 g/mol. The van der Waals surface area contributed by atoms with Gasteiger partial charge in [-0.25, -0.2) is 0 Å². The Kier molecular flexibility index (Phi) is 4.11. The van der Waals surface area contributed by atoms with E-state index < -0.39 is 6.10 Å². The van der Waals surface area contributed by atoms with Crippen LogP contribution in [0.15, 0.2) is 11.8 Å². The highest BCUT2D eigenvalue weighted by Gasteiger charge is 2.15. The zero-order valence-corrected chi connectivity index (χ0v) is 7.45. The molecule has 1 N–H and O–H groups in total. The summed E-state index contributed by atoms with van der Waals surface area (Å²) in [7, 11) is 0. The second-order valence-corrected chi connectivity index (χ2v) is 2.83. The lowest BCUT2D eigenvalue weighted by molar-refractivity contribution is 0.0259. The summed E-state index contributed by atoms with van der Waals surface area (Å²) in [5.41, 5.74) is 0. The molecule has 0 fully saturated rings. The number of hydrogen-bond donors (Lipinski definition) is 1. The fourth-order valence-electron chi connectivity index (χ4n) is 1.09. The highest BCUT2D eigenvalue weighted by atomic mass is 16.5. The second-order valence-electron chi connectivity index (χ2n) is 2.83. The first-order chi connectivity index (χ1) is 5.84. The van der Waals surface area contributed by atoms with Gasteiger partial charge in [-0.2, -0.15) is 0 Å². The molecule has 3 heteroatoms. The van der Waals surface area contributed by atoms with Crippen LogP contribution in [-0.2, 0) is 9.47 Å². The number of rotatable bonds is 5. The third kappa shape index (κ3) is 2.83. The molecule has 0 amide bonds. The summed E-state index contributed by atoms with van der Waals surface area (Å²) < 4.78 is 10.4. The van der Waals surface area contributed by atoms with E-state index in [0.717, 1.165) is 12.8 Å². The Bertz CT molecular complexity index is 154. The molecular weight excluding hydrogens is 156 g/mol. The summed E-state index contributed by atoms with van der Waals surface area (Å²) in [6.45, 7) is 3.78. The van der Waals surface area contributed by atoms with Crippen LogP contribution in [0.4, 0.5) is 0 Å².